The second kappa shape index (κ2) is 6.93. The van der Waals surface area contributed by atoms with Gasteiger partial charge in [-0.15, -0.1) is 0 Å². The normalized spacial score (nSPS) is 10.4. The lowest BCUT2D eigenvalue weighted by Gasteiger charge is -2.09. The SMILES string of the molecule is CNCCCC(=O)Nc1c(Cl)cc(F)cc1Br. The van der Waals surface area contributed by atoms with Crippen LogP contribution in [0.5, 0.6) is 0 Å². The molecule has 1 rings (SSSR count). The fraction of sp³-hybridized carbons (Fsp3) is 0.364. The fourth-order valence-electron chi connectivity index (χ4n) is 1.29. The Labute approximate surface area is 113 Å². The van der Waals surface area contributed by atoms with E-state index in [0.717, 1.165) is 19.0 Å². The van der Waals surface area contributed by atoms with Gasteiger partial charge in [-0.1, -0.05) is 11.6 Å². The predicted octanol–water partition coefficient (Wildman–Crippen LogP) is 3.18. The molecule has 0 radical (unpaired) electrons. The van der Waals surface area contributed by atoms with Crippen LogP contribution in [0.1, 0.15) is 12.8 Å². The molecule has 3 nitrogen and oxygen atoms in total. The van der Waals surface area contributed by atoms with Crippen LogP contribution >= 0.6 is 27.5 Å². The monoisotopic (exact) mass is 322 g/mol. The van der Waals surface area contributed by atoms with Crippen molar-refractivity contribution in [3.8, 4) is 0 Å². The molecule has 17 heavy (non-hydrogen) atoms. The van der Waals surface area contributed by atoms with Gasteiger partial charge in [-0.25, -0.2) is 4.39 Å². The molecular formula is C11H13BrClFN2O. The number of carbonyl (C=O) groups is 1. The van der Waals surface area contributed by atoms with Crippen molar-refractivity contribution in [1.82, 2.24) is 5.32 Å². The van der Waals surface area contributed by atoms with E-state index in [1.54, 1.807) is 0 Å². The Morgan fingerprint density at radius 1 is 1.53 bits per heavy atom. The molecule has 1 aromatic rings. The number of amides is 1. The summed E-state index contributed by atoms with van der Waals surface area (Å²) >= 11 is 9.00. The molecule has 0 aromatic heterocycles. The van der Waals surface area contributed by atoms with Crippen LogP contribution in [-0.2, 0) is 4.79 Å². The highest BCUT2D eigenvalue weighted by Gasteiger charge is 2.11. The van der Waals surface area contributed by atoms with Gasteiger partial charge in [-0.3, -0.25) is 4.79 Å². The Balaban J connectivity index is 2.65. The van der Waals surface area contributed by atoms with Crippen molar-refractivity contribution in [3.05, 3.63) is 27.4 Å². The van der Waals surface area contributed by atoms with E-state index in [1.807, 2.05) is 7.05 Å². The van der Waals surface area contributed by atoms with Crippen molar-refractivity contribution >= 4 is 39.1 Å². The molecule has 6 heteroatoms. The molecule has 0 saturated heterocycles. The average molecular weight is 324 g/mol. The molecule has 0 heterocycles. The molecule has 0 saturated carbocycles. The summed E-state index contributed by atoms with van der Waals surface area (Å²) in [6.45, 7) is 0.770. The van der Waals surface area contributed by atoms with Crippen LogP contribution in [0, 0.1) is 5.82 Å². The Bertz CT molecular complexity index is 391. The molecule has 0 bridgehead atoms. The summed E-state index contributed by atoms with van der Waals surface area (Å²) < 4.78 is 13.4. The number of rotatable bonds is 5. The first kappa shape index (κ1) is 14.4. The summed E-state index contributed by atoms with van der Waals surface area (Å²) in [5, 5.41) is 5.78. The highest BCUT2D eigenvalue weighted by atomic mass is 79.9. The molecule has 0 aliphatic rings. The van der Waals surface area contributed by atoms with Gasteiger partial charge in [0.05, 0.1) is 10.7 Å². The van der Waals surface area contributed by atoms with E-state index >= 15 is 0 Å². The molecule has 0 fully saturated rings. The second-order valence-electron chi connectivity index (χ2n) is 3.50. The quantitative estimate of drug-likeness (QED) is 0.817. The van der Waals surface area contributed by atoms with Crippen LogP contribution in [0.15, 0.2) is 16.6 Å². The van der Waals surface area contributed by atoms with Crippen LogP contribution in [0.4, 0.5) is 10.1 Å². The highest BCUT2D eigenvalue weighted by Crippen LogP contribution is 2.31. The number of carbonyl (C=O) groups excluding carboxylic acids is 1. The third-order valence-corrected chi connectivity index (χ3v) is 3.03. The molecular weight excluding hydrogens is 310 g/mol. The molecule has 2 N–H and O–H groups in total. The fourth-order valence-corrected chi connectivity index (χ4v) is 2.19. The van der Waals surface area contributed by atoms with Gasteiger partial charge < -0.3 is 10.6 Å². The maximum absolute atomic E-state index is 13.0. The predicted molar refractivity (Wildman–Crippen MR) is 70.9 cm³/mol. The molecule has 1 aromatic carbocycles. The summed E-state index contributed by atoms with van der Waals surface area (Å²) in [6.07, 6.45) is 1.12. The number of nitrogens with one attached hydrogen (secondary N) is 2. The minimum absolute atomic E-state index is 0.144. The lowest BCUT2D eigenvalue weighted by molar-refractivity contribution is -0.116. The van der Waals surface area contributed by atoms with Crippen molar-refractivity contribution in [1.29, 1.82) is 0 Å². The lowest BCUT2D eigenvalue weighted by Crippen LogP contribution is -2.15. The van der Waals surface area contributed by atoms with E-state index < -0.39 is 5.82 Å². The van der Waals surface area contributed by atoms with Crippen LogP contribution in [-0.4, -0.2) is 19.5 Å². The standard InChI is InChI=1S/C11H13BrClFN2O/c1-15-4-2-3-10(17)16-11-8(12)5-7(14)6-9(11)13/h5-6,15H,2-4H2,1H3,(H,16,17). The number of benzene rings is 1. The number of anilines is 1. The molecule has 0 aliphatic heterocycles. The van der Waals surface area contributed by atoms with E-state index in [4.69, 9.17) is 11.6 Å². The first-order chi connectivity index (χ1) is 8.04. The van der Waals surface area contributed by atoms with Gasteiger partial charge >= 0.3 is 0 Å². The Morgan fingerprint density at radius 3 is 2.82 bits per heavy atom. The third kappa shape index (κ3) is 4.61. The Morgan fingerprint density at radius 2 is 2.24 bits per heavy atom. The van der Waals surface area contributed by atoms with Crippen molar-refractivity contribution in [2.45, 2.75) is 12.8 Å². The van der Waals surface area contributed by atoms with Gasteiger partial charge in [0.2, 0.25) is 5.91 Å². The van der Waals surface area contributed by atoms with Gasteiger partial charge in [0.15, 0.2) is 0 Å². The lowest BCUT2D eigenvalue weighted by atomic mass is 10.2. The van der Waals surface area contributed by atoms with Crippen LogP contribution in [0.2, 0.25) is 5.02 Å². The van der Waals surface area contributed by atoms with E-state index in [1.165, 1.54) is 6.07 Å². The number of hydrogen-bond donors (Lipinski definition) is 2. The van der Waals surface area contributed by atoms with E-state index in [-0.39, 0.29) is 10.9 Å². The van der Waals surface area contributed by atoms with Crippen LogP contribution in [0.3, 0.4) is 0 Å². The van der Waals surface area contributed by atoms with Gasteiger partial charge in [-0.05, 0) is 48.1 Å². The van der Waals surface area contributed by atoms with Crippen LogP contribution in [0.25, 0.3) is 0 Å². The minimum Gasteiger partial charge on any atom is -0.324 e. The maximum Gasteiger partial charge on any atom is 0.224 e. The van der Waals surface area contributed by atoms with E-state index in [9.17, 15) is 9.18 Å². The topological polar surface area (TPSA) is 41.1 Å². The summed E-state index contributed by atoms with van der Waals surface area (Å²) in [4.78, 5) is 11.6. The number of halogens is 3. The maximum atomic E-state index is 13.0. The summed E-state index contributed by atoms with van der Waals surface area (Å²) in [5.74, 6) is -0.593. The average Bonchev–Trinajstić information content (AvgIpc) is 2.24. The van der Waals surface area contributed by atoms with E-state index in [2.05, 4.69) is 26.6 Å². The summed E-state index contributed by atoms with van der Waals surface area (Å²) in [5.41, 5.74) is 0.405. The zero-order valence-electron chi connectivity index (χ0n) is 9.32. The van der Waals surface area contributed by atoms with Crippen molar-refractivity contribution in [2.75, 3.05) is 18.9 Å². The largest absolute Gasteiger partial charge is 0.324 e. The van der Waals surface area contributed by atoms with Gasteiger partial charge in [-0.2, -0.15) is 0 Å². The highest BCUT2D eigenvalue weighted by molar-refractivity contribution is 9.10. The Kier molecular flexibility index (Phi) is 5.88. The van der Waals surface area contributed by atoms with E-state index in [0.29, 0.717) is 16.6 Å². The van der Waals surface area contributed by atoms with Crippen molar-refractivity contribution < 1.29 is 9.18 Å². The Hall–Kier alpha value is -0.650. The van der Waals surface area contributed by atoms with Crippen LogP contribution < -0.4 is 10.6 Å². The van der Waals surface area contributed by atoms with Gasteiger partial charge in [0, 0.05) is 10.9 Å². The first-order valence-electron chi connectivity index (χ1n) is 5.13. The van der Waals surface area contributed by atoms with Gasteiger partial charge in [0.1, 0.15) is 5.82 Å². The molecule has 0 spiro atoms. The third-order valence-electron chi connectivity index (χ3n) is 2.10. The smallest absolute Gasteiger partial charge is 0.224 e. The zero-order valence-corrected chi connectivity index (χ0v) is 11.7. The summed E-state index contributed by atoms with van der Waals surface area (Å²) in [7, 11) is 1.82. The molecule has 0 unspecified atom stereocenters. The van der Waals surface area contributed by atoms with Gasteiger partial charge in [0.25, 0.3) is 0 Å². The second-order valence-corrected chi connectivity index (χ2v) is 4.76. The van der Waals surface area contributed by atoms with Crippen molar-refractivity contribution in [3.63, 3.8) is 0 Å². The number of hydrogen-bond acceptors (Lipinski definition) is 2. The minimum atomic E-state index is -0.449. The molecule has 94 valence electrons. The zero-order chi connectivity index (χ0) is 12.8. The first-order valence-corrected chi connectivity index (χ1v) is 6.30. The summed E-state index contributed by atoms with van der Waals surface area (Å²) in [6, 6.07) is 2.42. The molecule has 0 aliphatic carbocycles. The van der Waals surface area contributed by atoms with Crippen molar-refractivity contribution in [2.24, 2.45) is 0 Å². The molecule has 0 atom stereocenters. The molecule has 1 amide bonds.